The SMILES string of the molecule is N=CC=C(N)C[C@H]1CCc2c(OC[C@H]3CCCN3c3ncnc4nc[nH]c34)cccc2C1=O. The van der Waals surface area contributed by atoms with Gasteiger partial charge in [0.15, 0.2) is 17.2 Å². The van der Waals surface area contributed by atoms with Gasteiger partial charge in [0.05, 0.1) is 12.4 Å². The van der Waals surface area contributed by atoms with Gasteiger partial charge in [0, 0.05) is 35.5 Å². The number of aromatic amines is 1. The summed E-state index contributed by atoms with van der Waals surface area (Å²) in [5.74, 6) is 1.59. The number of H-pyrrole nitrogens is 1. The molecule has 4 N–H and O–H groups in total. The lowest BCUT2D eigenvalue weighted by Crippen LogP contribution is -2.35. The fourth-order valence-corrected chi connectivity index (χ4v) is 4.96. The van der Waals surface area contributed by atoms with E-state index in [9.17, 15) is 4.79 Å². The summed E-state index contributed by atoms with van der Waals surface area (Å²) in [5.41, 5.74) is 9.72. The van der Waals surface area contributed by atoms with Crippen LogP contribution in [-0.2, 0) is 6.42 Å². The average molecular weight is 446 g/mol. The average Bonchev–Trinajstić information content (AvgIpc) is 3.49. The number of anilines is 1. The molecule has 33 heavy (non-hydrogen) atoms. The molecule has 2 aromatic heterocycles. The number of nitrogens with two attached hydrogens (primary N) is 1. The molecule has 9 heteroatoms. The highest BCUT2D eigenvalue weighted by Crippen LogP contribution is 2.35. The number of Topliss-reactive ketones (excluding diaryl/α,β-unsaturated/α-hetero) is 1. The van der Waals surface area contributed by atoms with E-state index in [0.29, 0.717) is 24.4 Å². The van der Waals surface area contributed by atoms with Crippen LogP contribution in [0.1, 0.15) is 41.6 Å². The van der Waals surface area contributed by atoms with E-state index >= 15 is 0 Å². The van der Waals surface area contributed by atoms with Crippen LogP contribution < -0.4 is 15.4 Å². The molecule has 1 fully saturated rings. The summed E-state index contributed by atoms with van der Waals surface area (Å²) in [5, 5.41) is 7.17. The van der Waals surface area contributed by atoms with Crippen LogP contribution in [0.2, 0.25) is 0 Å². The predicted molar refractivity (Wildman–Crippen MR) is 126 cm³/mol. The highest BCUT2D eigenvalue weighted by molar-refractivity contribution is 6.01. The van der Waals surface area contributed by atoms with Crippen LogP contribution in [0, 0.1) is 11.3 Å². The maximum Gasteiger partial charge on any atom is 0.182 e. The molecule has 1 aromatic carbocycles. The van der Waals surface area contributed by atoms with Crippen molar-refractivity contribution in [2.24, 2.45) is 11.7 Å². The van der Waals surface area contributed by atoms with E-state index < -0.39 is 0 Å². The van der Waals surface area contributed by atoms with Crippen molar-refractivity contribution in [3.63, 3.8) is 0 Å². The van der Waals surface area contributed by atoms with Crippen molar-refractivity contribution in [2.45, 2.75) is 38.1 Å². The zero-order chi connectivity index (χ0) is 22.8. The highest BCUT2D eigenvalue weighted by Gasteiger charge is 2.31. The van der Waals surface area contributed by atoms with Gasteiger partial charge in [-0.1, -0.05) is 12.1 Å². The Bertz CT molecular complexity index is 1220. The van der Waals surface area contributed by atoms with Crippen molar-refractivity contribution in [3.05, 3.63) is 53.8 Å². The van der Waals surface area contributed by atoms with Crippen LogP contribution in [0.15, 0.2) is 42.6 Å². The summed E-state index contributed by atoms with van der Waals surface area (Å²) in [6.07, 6.45) is 9.95. The number of fused-ring (bicyclic) bond motifs is 2. The lowest BCUT2D eigenvalue weighted by molar-refractivity contribution is 0.0899. The van der Waals surface area contributed by atoms with Crippen LogP contribution in [-0.4, -0.2) is 51.1 Å². The third kappa shape index (κ3) is 4.06. The normalized spacial score (nSPS) is 20.8. The smallest absolute Gasteiger partial charge is 0.182 e. The fraction of sp³-hybridized carbons (Fsp3) is 0.375. The topological polar surface area (TPSA) is 134 Å². The van der Waals surface area contributed by atoms with Crippen molar-refractivity contribution < 1.29 is 9.53 Å². The van der Waals surface area contributed by atoms with Crippen molar-refractivity contribution in [1.29, 1.82) is 5.41 Å². The number of allylic oxidation sites excluding steroid dienone is 2. The summed E-state index contributed by atoms with van der Waals surface area (Å²) in [6, 6.07) is 5.90. The van der Waals surface area contributed by atoms with Crippen LogP contribution in [0.4, 0.5) is 5.82 Å². The van der Waals surface area contributed by atoms with Gasteiger partial charge in [-0.15, -0.1) is 0 Å². The van der Waals surface area contributed by atoms with E-state index in [4.69, 9.17) is 15.9 Å². The van der Waals surface area contributed by atoms with Crippen molar-refractivity contribution in [1.82, 2.24) is 19.9 Å². The predicted octanol–water partition coefficient (Wildman–Crippen LogP) is 3.03. The van der Waals surface area contributed by atoms with Gasteiger partial charge in [-0.25, -0.2) is 15.0 Å². The van der Waals surface area contributed by atoms with E-state index in [-0.39, 0.29) is 17.7 Å². The maximum absolute atomic E-state index is 13.1. The Morgan fingerprint density at radius 2 is 2.21 bits per heavy atom. The van der Waals surface area contributed by atoms with Crippen molar-refractivity contribution in [3.8, 4) is 5.75 Å². The molecular weight excluding hydrogens is 418 g/mol. The van der Waals surface area contributed by atoms with E-state index in [0.717, 1.165) is 66.7 Å². The number of carbonyl (C=O) groups is 1. The van der Waals surface area contributed by atoms with Crippen LogP contribution in [0.25, 0.3) is 11.2 Å². The third-order valence-electron chi connectivity index (χ3n) is 6.57. The molecule has 0 radical (unpaired) electrons. The van der Waals surface area contributed by atoms with Gasteiger partial charge in [0.2, 0.25) is 0 Å². The van der Waals surface area contributed by atoms with Crippen LogP contribution in [0.5, 0.6) is 5.75 Å². The largest absolute Gasteiger partial charge is 0.491 e. The number of hydrogen-bond donors (Lipinski definition) is 3. The molecule has 1 saturated heterocycles. The second-order valence-electron chi connectivity index (χ2n) is 8.59. The zero-order valence-electron chi connectivity index (χ0n) is 18.3. The monoisotopic (exact) mass is 445 g/mol. The van der Waals surface area contributed by atoms with Gasteiger partial charge in [0.25, 0.3) is 0 Å². The van der Waals surface area contributed by atoms with Gasteiger partial charge < -0.3 is 25.8 Å². The second kappa shape index (κ2) is 9.01. The Hall–Kier alpha value is -3.75. The molecule has 0 unspecified atom stereocenters. The highest BCUT2D eigenvalue weighted by atomic mass is 16.5. The van der Waals surface area contributed by atoms with Gasteiger partial charge in [-0.05, 0) is 44.2 Å². The first-order chi connectivity index (χ1) is 16.2. The van der Waals surface area contributed by atoms with Crippen molar-refractivity contribution in [2.75, 3.05) is 18.1 Å². The quantitative estimate of drug-likeness (QED) is 0.476. The number of nitrogens with one attached hydrogen (secondary N) is 2. The first-order valence-corrected chi connectivity index (χ1v) is 11.3. The number of imidazole rings is 1. The summed E-state index contributed by atoms with van der Waals surface area (Å²) < 4.78 is 6.31. The second-order valence-corrected chi connectivity index (χ2v) is 8.59. The Morgan fingerprint density at radius 3 is 3.09 bits per heavy atom. The van der Waals surface area contributed by atoms with Crippen LogP contribution in [0.3, 0.4) is 0 Å². The van der Waals surface area contributed by atoms with Gasteiger partial charge in [0.1, 0.15) is 24.2 Å². The minimum Gasteiger partial charge on any atom is -0.491 e. The number of aromatic nitrogens is 4. The standard InChI is InChI=1S/C24H27N7O2/c25-9-8-16(26)11-15-6-7-18-19(22(15)32)4-1-5-20(18)33-12-17-3-2-10-31(17)24-21-23(28-13-27-21)29-14-30-24/h1,4-5,8-9,13-15,17,25H,2-3,6-7,10-12,26H2,(H,27,28,29,30)/t15-,17-/m1/s1. The zero-order valence-corrected chi connectivity index (χ0v) is 18.3. The molecule has 9 nitrogen and oxygen atoms in total. The number of rotatable bonds is 7. The number of hydrogen-bond acceptors (Lipinski definition) is 8. The molecule has 0 amide bonds. The minimum atomic E-state index is -0.149. The molecular formula is C24H27N7O2. The number of ketones is 1. The number of carbonyl (C=O) groups excluding carboxylic acids is 1. The van der Waals surface area contributed by atoms with E-state index in [1.165, 1.54) is 0 Å². The third-order valence-corrected chi connectivity index (χ3v) is 6.57. The summed E-state index contributed by atoms with van der Waals surface area (Å²) in [7, 11) is 0. The molecule has 0 spiro atoms. The molecule has 5 rings (SSSR count). The molecule has 0 saturated carbocycles. The molecule has 1 aliphatic carbocycles. The van der Waals surface area contributed by atoms with E-state index in [1.807, 2.05) is 18.2 Å². The van der Waals surface area contributed by atoms with Crippen molar-refractivity contribution >= 4 is 29.0 Å². The summed E-state index contributed by atoms with van der Waals surface area (Å²) >= 11 is 0. The molecule has 2 aliphatic rings. The maximum atomic E-state index is 13.1. The Morgan fingerprint density at radius 1 is 1.30 bits per heavy atom. The fourth-order valence-electron chi connectivity index (χ4n) is 4.96. The molecule has 2 atom stereocenters. The Labute approximate surface area is 191 Å². The first-order valence-electron chi connectivity index (χ1n) is 11.3. The lowest BCUT2D eigenvalue weighted by Gasteiger charge is -2.28. The molecule has 3 aromatic rings. The molecule has 0 bridgehead atoms. The minimum absolute atomic E-state index is 0.105. The number of ether oxygens (including phenoxy) is 1. The molecule has 3 heterocycles. The van der Waals surface area contributed by atoms with Crippen LogP contribution >= 0.6 is 0 Å². The van der Waals surface area contributed by atoms with Gasteiger partial charge in [-0.2, -0.15) is 0 Å². The number of benzene rings is 1. The molecule has 1 aliphatic heterocycles. The Kier molecular flexibility index (Phi) is 5.77. The van der Waals surface area contributed by atoms with Gasteiger partial charge in [-0.3, -0.25) is 4.79 Å². The summed E-state index contributed by atoms with van der Waals surface area (Å²) in [6.45, 7) is 1.42. The van der Waals surface area contributed by atoms with E-state index in [1.54, 1.807) is 18.7 Å². The van der Waals surface area contributed by atoms with E-state index in [2.05, 4.69) is 24.8 Å². The number of nitrogens with zero attached hydrogens (tertiary/aromatic N) is 4. The Balaban J connectivity index is 1.32. The first kappa shape index (κ1) is 21.1. The lowest BCUT2D eigenvalue weighted by atomic mass is 9.80. The molecule has 170 valence electrons. The summed E-state index contributed by atoms with van der Waals surface area (Å²) in [4.78, 5) is 31.5. The van der Waals surface area contributed by atoms with Gasteiger partial charge >= 0.3 is 0 Å².